The topological polar surface area (TPSA) is 58.6 Å². The van der Waals surface area contributed by atoms with E-state index in [1.807, 2.05) is 59.3 Å². The first kappa shape index (κ1) is 21.8. The number of benzene rings is 2. The first-order chi connectivity index (χ1) is 15.5. The van der Waals surface area contributed by atoms with Crippen LogP contribution in [0.5, 0.6) is 5.75 Å². The average molecular weight is 431 g/mol. The Labute approximate surface area is 189 Å². The Kier molecular flexibility index (Phi) is 6.69. The summed E-state index contributed by atoms with van der Waals surface area (Å²) in [7, 11) is 3.62. The summed E-state index contributed by atoms with van der Waals surface area (Å²) >= 11 is 0. The lowest BCUT2D eigenvalue weighted by Crippen LogP contribution is -2.38. The van der Waals surface area contributed by atoms with Crippen LogP contribution in [0.25, 0.3) is 11.4 Å². The number of carbonyl (C=O) groups is 1. The van der Waals surface area contributed by atoms with Crippen molar-refractivity contribution in [3.8, 4) is 17.1 Å². The lowest BCUT2D eigenvalue weighted by atomic mass is 9.99. The molecule has 6 heteroatoms. The fraction of sp³-hybridized carbons (Fsp3) is 0.346. The fourth-order valence-corrected chi connectivity index (χ4v) is 4.01. The van der Waals surface area contributed by atoms with Gasteiger partial charge in [0.1, 0.15) is 17.1 Å². The predicted octanol–water partition coefficient (Wildman–Crippen LogP) is 4.66. The molecule has 1 aromatic heterocycles. The number of piperidine rings is 1. The van der Waals surface area contributed by atoms with E-state index in [-0.39, 0.29) is 5.91 Å². The SMILES string of the molecule is COc1ccc(-c2ncc(C(=O)N3CCC(C)CC3)c(N(C)Cc3ccccc3)n2)cc1. The third-order valence-electron chi connectivity index (χ3n) is 6.04. The van der Waals surface area contributed by atoms with Gasteiger partial charge in [-0.2, -0.15) is 0 Å². The molecule has 1 fully saturated rings. The molecule has 0 N–H and O–H groups in total. The number of amides is 1. The van der Waals surface area contributed by atoms with Gasteiger partial charge in [-0.1, -0.05) is 37.3 Å². The highest BCUT2D eigenvalue weighted by Crippen LogP contribution is 2.27. The second kappa shape index (κ2) is 9.81. The molecule has 1 amide bonds. The van der Waals surface area contributed by atoms with Crippen LogP contribution in [0.3, 0.4) is 0 Å². The standard InChI is InChI=1S/C26H30N4O2/c1-19-13-15-30(16-14-19)26(31)23-17-27-24(21-9-11-22(32-3)12-10-21)28-25(23)29(2)18-20-7-5-4-6-8-20/h4-12,17,19H,13-16,18H2,1-3H3. The summed E-state index contributed by atoms with van der Waals surface area (Å²) in [6.07, 6.45) is 3.75. The summed E-state index contributed by atoms with van der Waals surface area (Å²) in [5.74, 6) is 2.69. The second-order valence-electron chi connectivity index (χ2n) is 8.48. The summed E-state index contributed by atoms with van der Waals surface area (Å²) in [6.45, 7) is 4.45. The molecule has 1 saturated heterocycles. The van der Waals surface area contributed by atoms with Gasteiger partial charge >= 0.3 is 0 Å². The van der Waals surface area contributed by atoms with Crippen LogP contribution in [-0.2, 0) is 6.54 Å². The van der Waals surface area contributed by atoms with E-state index in [0.717, 1.165) is 42.8 Å². The van der Waals surface area contributed by atoms with Gasteiger partial charge in [-0.3, -0.25) is 4.79 Å². The largest absolute Gasteiger partial charge is 0.497 e. The Bertz CT molecular complexity index is 1050. The van der Waals surface area contributed by atoms with Gasteiger partial charge in [-0.15, -0.1) is 0 Å². The van der Waals surface area contributed by atoms with Gasteiger partial charge in [0.25, 0.3) is 5.91 Å². The molecule has 0 aliphatic carbocycles. The van der Waals surface area contributed by atoms with Gasteiger partial charge in [0.05, 0.1) is 7.11 Å². The summed E-state index contributed by atoms with van der Waals surface area (Å²) in [5.41, 5.74) is 2.59. The fourth-order valence-electron chi connectivity index (χ4n) is 4.01. The van der Waals surface area contributed by atoms with E-state index in [0.29, 0.717) is 29.7 Å². The van der Waals surface area contributed by atoms with Gasteiger partial charge in [0, 0.05) is 38.4 Å². The van der Waals surface area contributed by atoms with Crippen molar-refractivity contribution in [2.45, 2.75) is 26.3 Å². The number of hydrogen-bond acceptors (Lipinski definition) is 5. The minimum absolute atomic E-state index is 0.00749. The summed E-state index contributed by atoms with van der Waals surface area (Å²) < 4.78 is 5.26. The van der Waals surface area contributed by atoms with Crippen molar-refractivity contribution in [1.82, 2.24) is 14.9 Å². The number of methoxy groups -OCH3 is 1. The number of hydrogen-bond donors (Lipinski definition) is 0. The van der Waals surface area contributed by atoms with Crippen LogP contribution in [0.4, 0.5) is 5.82 Å². The van der Waals surface area contributed by atoms with Crippen LogP contribution in [0, 0.1) is 5.92 Å². The van der Waals surface area contributed by atoms with Crippen molar-refractivity contribution in [3.05, 3.63) is 71.9 Å². The molecule has 0 atom stereocenters. The van der Waals surface area contributed by atoms with Crippen molar-refractivity contribution in [3.63, 3.8) is 0 Å². The minimum atomic E-state index is 0.00749. The Morgan fingerprint density at radius 3 is 2.44 bits per heavy atom. The number of nitrogens with zero attached hydrogens (tertiary/aromatic N) is 4. The molecule has 2 heterocycles. The highest BCUT2D eigenvalue weighted by molar-refractivity contribution is 5.99. The molecular weight excluding hydrogens is 400 g/mol. The van der Waals surface area contributed by atoms with Crippen LogP contribution in [-0.4, -0.2) is 48.0 Å². The molecule has 2 aromatic carbocycles. The molecule has 0 spiro atoms. The smallest absolute Gasteiger partial charge is 0.259 e. The van der Waals surface area contributed by atoms with E-state index in [1.165, 1.54) is 0 Å². The highest BCUT2D eigenvalue weighted by atomic mass is 16.5. The first-order valence-corrected chi connectivity index (χ1v) is 11.1. The van der Waals surface area contributed by atoms with Crippen LogP contribution >= 0.6 is 0 Å². The van der Waals surface area contributed by atoms with E-state index < -0.39 is 0 Å². The van der Waals surface area contributed by atoms with Crippen molar-refractivity contribution >= 4 is 11.7 Å². The van der Waals surface area contributed by atoms with E-state index >= 15 is 0 Å². The highest BCUT2D eigenvalue weighted by Gasteiger charge is 2.26. The van der Waals surface area contributed by atoms with E-state index in [2.05, 4.69) is 24.0 Å². The zero-order chi connectivity index (χ0) is 22.5. The molecule has 166 valence electrons. The van der Waals surface area contributed by atoms with E-state index in [4.69, 9.17) is 9.72 Å². The molecule has 32 heavy (non-hydrogen) atoms. The van der Waals surface area contributed by atoms with Gasteiger partial charge in [-0.05, 0) is 48.6 Å². The lowest BCUT2D eigenvalue weighted by molar-refractivity contribution is 0.0697. The second-order valence-corrected chi connectivity index (χ2v) is 8.48. The Hall–Kier alpha value is -3.41. The number of aromatic nitrogens is 2. The van der Waals surface area contributed by atoms with Crippen molar-refractivity contribution in [2.24, 2.45) is 5.92 Å². The van der Waals surface area contributed by atoms with Crippen LogP contribution in [0.2, 0.25) is 0 Å². The molecule has 0 radical (unpaired) electrons. The Balaban J connectivity index is 1.68. The van der Waals surface area contributed by atoms with Gasteiger partial charge in [0.2, 0.25) is 0 Å². The zero-order valence-electron chi connectivity index (χ0n) is 19.0. The maximum absolute atomic E-state index is 13.4. The van der Waals surface area contributed by atoms with E-state index in [9.17, 15) is 4.79 Å². The maximum Gasteiger partial charge on any atom is 0.259 e. The average Bonchev–Trinajstić information content (AvgIpc) is 2.84. The third kappa shape index (κ3) is 4.90. The molecule has 0 bridgehead atoms. The van der Waals surface area contributed by atoms with Crippen LogP contribution in [0.15, 0.2) is 60.8 Å². The number of anilines is 1. The number of ether oxygens (including phenoxy) is 1. The Morgan fingerprint density at radius 2 is 1.78 bits per heavy atom. The number of carbonyl (C=O) groups excluding carboxylic acids is 1. The van der Waals surface area contributed by atoms with Gasteiger partial charge < -0.3 is 14.5 Å². The zero-order valence-corrected chi connectivity index (χ0v) is 19.0. The lowest BCUT2D eigenvalue weighted by Gasteiger charge is -2.31. The van der Waals surface area contributed by atoms with Crippen molar-refractivity contribution in [1.29, 1.82) is 0 Å². The van der Waals surface area contributed by atoms with Gasteiger partial charge in [-0.25, -0.2) is 9.97 Å². The maximum atomic E-state index is 13.4. The number of likely N-dealkylation sites (tertiary alicyclic amines) is 1. The van der Waals surface area contributed by atoms with Gasteiger partial charge in [0.15, 0.2) is 5.82 Å². The monoisotopic (exact) mass is 430 g/mol. The minimum Gasteiger partial charge on any atom is -0.497 e. The summed E-state index contributed by atoms with van der Waals surface area (Å²) in [4.78, 5) is 26.8. The molecule has 0 unspecified atom stereocenters. The molecule has 1 aliphatic heterocycles. The van der Waals surface area contributed by atoms with Crippen LogP contribution < -0.4 is 9.64 Å². The third-order valence-corrected chi connectivity index (χ3v) is 6.04. The van der Waals surface area contributed by atoms with Crippen molar-refractivity contribution in [2.75, 3.05) is 32.1 Å². The first-order valence-electron chi connectivity index (χ1n) is 11.1. The van der Waals surface area contributed by atoms with Crippen molar-refractivity contribution < 1.29 is 9.53 Å². The molecular formula is C26H30N4O2. The molecule has 3 aromatic rings. The van der Waals surface area contributed by atoms with E-state index in [1.54, 1.807) is 13.3 Å². The summed E-state index contributed by atoms with van der Waals surface area (Å²) in [6, 6.07) is 17.8. The molecule has 6 nitrogen and oxygen atoms in total. The molecule has 4 rings (SSSR count). The number of rotatable bonds is 6. The quantitative estimate of drug-likeness (QED) is 0.569. The summed E-state index contributed by atoms with van der Waals surface area (Å²) in [5, 5.41) is 0. The predicted molar refractivity (Wildman–Crippen MR) is 127 cm³/mol. The normalized spacial score (nSPS) is 14.3. The Morgan fingerprint density at radius 1 is 1.09 bits per heavy atom. The van der Waals surface area contributed by atoms with Crippen LogP contribution in [0.1, 0.15) is 35.7 Å². The molecule has 1 aliphatic rings. The molecule has 0 saturated carbocycles.